The molecule has 1 fully saturated rings. The van der Waals surface area contributed by atoms with E-state index in [9.17, 15) is 13.2 Å². The van der Waals surface area contributed by atoms with E-state index >= 15 is 0 Å². The lowest BCUT2D eigenvalue weighted by molar-refractivity contribution is 0.0240. The molecule has 0 atom stereocenters. The number of anilines is 1. The van der Waals surface area contributed by atoms with Gasteiger partial charge in [-0.15, -0.1) is 0 Å². The summed E-state index contributed by atoms with van der Waals surface area (Å²) in [6.07, 6.45) is 4.12. The Hall–Kier alpha value is -2.88. The molecule has 1 aliphatic rings. The van der Waals surface area contributed by atoms with Crippen molar-refractivity contribution in [2.45, 2.75) is 44.8 Å². The van der Waals surface area contributed by atoms with Gasteiger partial charge in [0.1, 0.15) is 12.2 Å². The maximum atomic E-state index is 12.2. The number of benzene rings is 1. The van der Waals surface area contributed by atoms with E-state index in [2.05, 4.69) is 9.97 Å². The van der Waals surface area contributed by atoms with Crippen molar-refractivity contribution < 1.29 is 22.7 Å². The summed E-state index contributed by atoms with van der Waals surface area (Å²) in [6.45, 7) is 9.91. The predicted molar refractivity (Wildman–Crippen MR) is 121 cm³/mol. The van der Waals surface area contributed by atoms with E-state index in [1.165, 1.54) is 6.26 Å². The molecule has 0 radical (unpaired) electrons. The lowest BCUT2D eigenvalue weighted by Gasteiger charge is -2.35. The molecule has 0 unspecified atom stereocenters. The third-order valence-corrected chi connectivity index (χ3v) is 6.13. The molecule has 1 amide bonds. The maximum absolute atomic E-state index is 12.2. The monoisotopic (exact) mass is 462 g/mol. The van der Waals surface area contributed by atoms with Crippen LogP contribution in [0.3, 0.4) is 0 Å². The molecule has 9 nitrogen and oxygen atoms in total. The van der Waals surface area contributed by atoms with Crippen molar-refractivity contribution in [3.8, 4) is 5.75 Å². The van der Waals surface area contributed by atoms with Crippen LogP contribution >= 0.6 is 0 Å². The molecular formula is C22H30N4O5S. The molecule has 32 heavy (non-hydrogen) atoms. The van der Waals surface area contributed by atoms with Crippen LogP contribution in [0.2, 0.25) is 0 Å². The van der Waals surface area contributed by atoms with Gasteiger partial charge < -0.3 is 19.3 Å². The first-order valence-corrected chi connectivity index (χ1v) is 12.3. The Morgan fingerprint density at radius 2 is 1.72 bits per heavy atom. The van der Waals surface area contributed by atoms with E-state index < -0.39 is 15.4 Å². The minimum absolute atomic E-state index is 0.280. The zero-order chi connectivity index (χ0) is 23.5. The smallest absolute Gasteiger partial charge is 0.410 e. The van der Waals surface area contributed by atoms with Crippen molar-refractivity contribution in [3.05, 3.63) is 41.7 Å². The minimum Gasteiger partial charge on any atom is -0.486 e. The van der Waals surface area contributed by atoms with E-state index in [1.807, 2.05) is 25.7 Å². The second-order valence-corrected chi connectivity index (χ2v) is 10.8. The average molecular weight is 463 g/mol. The fourth-order valence-electron chi connectivity index (χ4n) is 3.35. The van der Waals surface area contributed by atoms with Gasteiger partial charge in [-0.2, -0.15) is 0 Å². The van der Waals surface area contributed by atoms with Crippen molar-refractivity contribution >= 4 is 21.9 Å². The van der Waals surface area contributed by atoms with Crippen molar-refractivity contribution in [1.82, 2.24) is 14.9 Å². The fourth-order valence-corrected chi connectivity index (χ4v) is 4.31. The summed E-state index contributed by atoms with van der Waals surface area (Å²) in [5, 5.41) is 0. The average Bonchev–Trinajstić information content (AvgIpc) is 2.70. The lowest BCUT2D eigenvalue weighted by Crippen LogP contribution is -2.50. The van der Waals surface area contributed by atoms with Gasteiger partial charge >= 0.3 is 6.09 Å². The zero-order valence-electron chi connectivity index (χ0n) is 19.2. The third kappa shape index (κ3) is 6.32. The van der Waals surface area contributed by atoms with Gasteiger partial charge in [-0.1, -0.05) is 12.1 Å². The summed E-state index contributed by atoms with van der Waals surface area (Å²) in [5.74, 6) is 1.10. The molecule has 0 bridgehead atoms. The Labute approximate surface area is 189 Å². The van der Waals surface area contributed by atoms with E-state index in [-0.39, 0.29) is 12.7 Å². The van der Waals surface area contributed by atoms with Crippen LogP contribution in [0.15, 0.2) is 35.5 Å². The Bertz CT molecular complexity index is 1060. The van der Waals surface area contributed by atoms with Gasteiger partial charge in [-0.25, -0.2) is 23.2 Å². The first-order chi connectivity index (χ1) is 14.9. The Kier molecular flexibility index (Phi) is 6.92. The molecule has 1 aliphatic heterocycles. The standard InChI is InChI=1S/C22H30N4O5S/c1-16-12-17(6-7-19(16)32(5,28)29)15-30-18-13-23-20(24-14-18)25-8-10-26(11-9-25)21(27)31-22(2,3)4/h6-7,12-14H,8-11,15H2,1-5H3. The molecule has 0 aliphatic carbocycles. The number of carbonyl (C=O) groups is 1. The second-order valence-electron chi connectivity index (χ2n) is 8.83. The van der Waals surface area contributed by atoms with E-state index in [0.717, 1.165) is 5.56 Å². The summed E-state index contributed by atoms with van der Waals surface area (Å²) >= 11 is 0. The van der Waals surface area contributed by atoms with Crippen LogP contribution in [0, 0.1) is 6.92 Å². The topological polar surface area (TPSA) is 102 Å². The van der Waals surface area contributed by atoms with Gasteiger partial charge in [-0.05, 0) is 44.9 Å². The molecule has 1 aromatic heterocycles. The number of amides is 1. The van der Waals surface area contributed by atoms with E-state index in [0.29, 0.717) is 48.3 Å². The van der Waals surface area contributed by atoms with Crippen LogP contribution in [0.25, 0.3) is 0 Å². The predicted octanol–water partition coefficient (Wildman–Crippen LogP) is 2.82. The highest BCUT2D eigenvalue weighted by Gasteiger charge is 2.26. The zero-order valence-corrected chi connectivity index (χ0v) is 20.0. The van der Waals surface area contributed by atoms with E-state index in [4.69, 9.17) is 9.47 Å². The quantitative estimate of drug-likeness (QED) is 0.668. The number of aromatic nitrogens is 2. The highest BCUT2D eigenvalue weighted by atomic mass is 32.2. The molecule has 0 saturated carbocycles. The molecule has 1 saturated heterocycles. The highest BCUT2D eigenvalue weighted by molar-refractivity contribution is 7.90. The number of aryl methyl sites for hydroxylation is 1. The fraction of sp³-hybridized carbons (Fsp3) is 0.500. The summed E-state index contributed by atoms with van der Waals surface area (Å²) in [5.41, 5.74) is 1.03. The highest BCUT2D eigenvalue weighted by Crippen LogP contribution is 2.19. The number of ether oxygens (including phenoxy) is 2. The number of carbonyl (C=O) groups excluding carboxylic acids is 1. The van der Waals surface area contributed by atoms with Gasteiger partial charge in [0.25, 0.3) is 0 Å². The number of piperazine rings is 1. The van der Waals surface area contributed by atoms with Crippen LogP contribution in [0.1, 0.15) is 31.9 Å². The molecule has 3 rings (SSSR count). The summed E-state index contributed by atoms with van der Waals surface area (Å²) in [6, 6.07) is 5.14. The Morgan fingerprint density at radius 3 is 2.25 bits per heavy atom. The first-order valence-electron chi connectivity index (χ1n) is 10.4. The van der Waals surface area contributed by atoms with Crippen LogP contribution in [0.4, 0.5) is 10.7 Å². The molecule has 174 valence electrons. The largest absolute Gasteiger partial charge is 0.486 e. The lowest BCUT2D eigenvalue weighted by atomic mass is 10.1. The molecule has 2 aromatic rings. The molecule has 1 aromatic carbocycles. The number of hydrogen-bond acceptors (Lipinski definition) is 8. The Balaban J connectivity index is 1.53. The molecule has 2 heterocycles. The van der Waals surface area contributed by atoms with Gasteiger partial charge in [0, 0.05) is 32.4 Å². The number of rotatable bonds is 5. The van der Waals surface area contributed by atoms with Gasteiger partial charge in [0.05, 0.1) is 17.3 Å². The molecular weight excluding hydrogens is 432 g/mol. The third-order valence-electron chi connectivity index (χ3n) is 4.87. The Morgan fingerprint density at radius 1 is 1.09 bits per heavy atom. The maximum Gasteiger partial charge on any atom is 0.410 e. The summed E-state index contributed by atoms with van der Waals surface area (Å²) in [4.78, 5) is 25.0. The molecule has 0 N–H and O–H groups in total. The summed E-state index contributed by atoms with van der Waals surface area (Å²) < 4.78 is 34.6. The normalized spacial score (nSPS) is 14.9. The second kappa shape index (κ2) is 9.32. The van der Waals surface area contributed by atoms with Crippen molar-refractivity contribution in [2.75, 3.05) is 37.3 Å². The van der Waals surface area contributed by atoms with Crippen LogP contribution in [-0.2, 0) is 21.2 Å². The number of nitrogens with zero attached hydrogens (tertiary/aromatic N) is 4. The van der Waals surface area contributed by atoms with Crippen molar-refractivity contribution in [2.24, 2.45) is 0 Å². The number of sulfone groups is 1. The van der Waals surface area contributed by atoms with E-state index in [1.54, 1.807) is 42.4 Å². The van der Waals surface area contributed by atoms with Gasteiger partial charge in [0.15, 0.2) is 15.6 Å². The minimum atomic E-state index is -3.24. The van der Waals surface area contributed by atoms with Crippen LogP contribution < -0.4 is 9.64 Å². The van der Waals surface area contributed by atoms with Crippen molar-refractivity contribution in [3.63, 3.8) is 0 Å². The van der Waals surface area contributed by atoms with Crippen LogP contribution in [-0.4, -0.2) is 67.4 Å². The van der Waals surface area contributed by atoms with Crippen molar-refractivity contribution in [1.29, 1.82) is 0 Å². The van der Waals surface area contributed by atoms with Gasteiger partial charge in [0.2, 0.25) is 5.95 Å². The molecule has 0 spiro atoms. The summed E-state index contributed by atoms with van der Waals surface area (Å²) in [7, 11) is -3.24. The van der Waals surface area contributed by atoms with Gasteiger partial charge in [-0.3, -0.25) is 0 Å². The number of hydrogen-bond donors (Lipinski definition) is 0. The molecule has 10 heteroatoms. The SMILES string of the molecule is Cc1cc(COc2cnc(N3CCN(C(=O)OC(C)(C)C)CC3)nc2)ccc1S(C)(=O)=O. The first kappa shape index (κ1) is 23.8. The van der Waals surface area contributed by atoms with Crippen LogP contribution in [0.5, 0.6) is 5.75 Å².